The largest absolute Gasteiger partial charge is 0.491 e. The van der Waals surface area contributed by atoms with E-state index in [1.807, 2.05) is 26.0 Å². The number of aryl methyl sites for hydroxylation is 1. The summed E-state index contributed by atoms with van der Waals surface area (Å²) in [6.45, 7) is 10.2. The smallest absolute Gasteiger partial charge is 0.120 e. The fourth-order valence-electron chi connectivity index (χ4n) is 2.34. The number of hydrogen-bond donors (Lipinski definition) is 1. The Kier molecular flexibility index (Phi) is 5.96. The van der Waals surface area contributed by atoms with Gasteiger partial charge in [0.15, 0.2) is 0 Å². The van der Waals surface area contributed by atoms with Crippen LogP contribution < -0.4 is 10.1 Å². The lowest BCUT2D eigenvalue weighted by molar-refractivity contribution is 0.242. The van der Waals surface area contributed by atoms with Crippen molar-refractivity contribution in [1.29, 1.82) is 0 Å². The molecule has 0 aliphatic heterocycles. The zero-order valence-electron chi connectivity index (χ0n) is 14.0. The van der Waals surface area contributed by atoms with E-state index < -0.39 is 0 Å². The molecule has 2 aromatic rings. The predicted octanol–water partition coefficient (Wildman–Crippen LogP) is 4.34. The Morgan fingerprint density at radius 1 is 1.18 bits per heavy atom. The van der Waals surface area contributed by atoms with E-state index in [1.54, 1.807) is 0 Å². The van der Waals surface area contributed by atoms with Gasteiger partial charge in [-0.25, -0.2) is 0 Å². The second-order valence-corrected chi connectivity index (χ2v) is 5.81. The highest BCUT2D eigenvalue weighted by atomic mass is 16.5. The molecule has 22 heavy (non-hydrogen) atoms. The fourth-order valence-corrected chi connectivity index (χ4v) is 2.34. The van der Waals surface area contributed by atoms with Crippen LogP contribution in [0.1, 0.15) is 38.4 Å². The van der Waals surface area contributed by atoms with E-state index in [9.17, 15) is 0 Å². The van der Waals surface area contributed by atoms with Crippen molar-refractivity contribution in [2.24, 2.45) is 0 Å². The van der Waals surface area contributed by atoms with Crippen molar-refractivity contribution in [3.8, 4) is 17.0 Å². The van der Waals surface area contributed by atoms with Crippen molar-refractivity contribution in [3.63, 3.8) is 0 Å². The van der Waals surface area contributed by atoms with Gasteiger partial charge in [0.25, 0.3) is 0 Å². The van der Waals surface area contributed by atoms with Crippen LogP contribution >= 0.6 is 0 Å². The quantitative estimate of drug-likeness (QED) is 0.772. The first-order valence-corrected chi connectivity index (χ1v) is 8.04. The maximum atomic E-state index is 5.76. The molecular formula is C19H26N2O. The number of nitrogens with one attached hydrogen (secondary N) is 1. The van der Waals surface area contributed by atoms with E-state index in [0.29, 0.717) is 0 Å². The number of rotatable bonds is 7. The van der Waals surface area contributed by atoms with Gasteiger partial charge in [-0.2, -0.15) is 0 Å². The summed E-state index contributed by atoms with van der Waals surface area (Å²) in [5, 5.41) is 3.42. The second-order valence-electron chi connectivity index (χ2n) is 5.81. The minimum absolute atomic E-state index is 0.178. The highest BCUT2D eigenvalue weighted by Crippen LogP contribution is 2.24. The fraction of sp³-hybridized carbons (Fsp3) is 0.421. The summed E-state index contributed by atoms with van der Waals surface area (Å²) in [6, 6.07) is 12.4. The number of hydrogen-bond acceptors (Lipinski definition) is 3. The monoisotopic (exact) mass is 298 g/mol. The van der Waals surface area contributed by atoms with Crippen LogP contribution in [0.25, 0.3) is 11.3 Å². The highest BCUT2D eigenvalue weighted by Gasteiger charge is 2.06. The Morgan fingerprint density at radius 3 is 2.68 bits per heavy atom. The van der Waals surface area contributed by atoms with Crippen LogP contribution in [0.3, 0.4) is 0 Å². The molecule has 0 saturated heterocycles. The summed E-state index contributed by atoms with van der Waals surface area (Å²) < 4.78 is 5.76. The summed E-state index contributed by atoms with van der Waals surface area (Å²) in [7, 11) is 0. The van der Waals surface area contributed by atoms with Crippen molar-refractivity contribution in [3.05, 3.63) is 47.7 Å². The molecule has 0 saturated carbocycles. The molecule has 3 nitrogen and oxygen atoms in total. The molecule has 0 radical (unpaired) electrons. The van der Waals surface area contributed by atoms with Crippen molar-refractivity contribution >= 4 is 0 Å². The van der Waals surface area contributed by atoms with Crippen molar-refractivity contribution in [1.82, 2.24) is 10.3 Å². The Balaban J connectivity index is 2.17. The van der Waals surface area contributed by atoms with Crippen LogP contribution in [0.15, 0.2) is 36.4 Å². The second kappa shape index (κ2) is 7.95. The third-order valence-electron chi connectivity index (χ3n) is 3.44. The van der Waals surface area contributed by atoms with E-state index in [0.717, 1.165) is 42.2 Å². The van der Waals surface area contributed by atoms with E-state index in [-0.39, 0.29) is 6.10 Å². The standard InChI is InChI=1S/C19H26N2O/c1-5-11-20-13-17-9-10-19(21-15(17)4)16-7-6-8-18(12-16)22-14(2)3/h6-10,12,14,20H,5,11,13H2,1-4H3. The molecule has 1 N–H and O–H groups in total. The summed E-state index contributed by atoms with van der Waals surface area (Å²) >= 11 is 0. The Bertz CT molecular complexity index is 608. The first-order chi connectivity index (χ1) is 10.6. The molecule has 0 atom stereocenters. The first kappa shape index (κ1) is 16.5. The van der Waals surface area contributed by atoms with Crippen molar-refractivity contribution < 1.29 is 4.74 Å². The number of benzene rings is 1. The van der Waals surface area contributed by atoms with Gasteiger partial charge in [0.2, 0.25) is 0 Å². The molecule has 0 amide bonds. The highest BCUT2D eigenvalue weighted by molar-refractivity contribution is 5.61. The topological polar surface area (TPSA) is 34.1 Å². The Morgan fingerprint density at radius 2 is 2.00 bits per heavy atom. The van der Waals surface area contributed by atoms with Gasteiger partial charge in [-0.15, -0.1) is 0 Å². The van der Waals surface area contributed by atoms with E-state index >= 15 is 0 Å². The van der Waals surface area contributed by atoms with Gasteiger partial charge < -0.3 is 10.1 Å². The van der Waals surface area contributed by atoms with Gasteiger partial charge >= 0.3 is 0 Å². The van der Waals surface area contributed by atoms with Crippen LogP contribution in [0.5, 0.6) is 5.75 Å². The number of nitrogens with zero attached hydrogens (tertiary/aromatic N) is 1. The van der Waals surface area contributed by atoms with Gasteiger partial charge in [0.1, 0.15) is 5.75 Å². The third kappa shape index (κ3) is 4.57. The molecule has 0 aliphatic rings. The molecule has 0 aliphatic carbocycles. The predicted molar refractivity (Wildman–Crippen MR) is 92.2 cm³/mol. The summed E-state index contributed by atoms with van der Waals surface area (Å²) in [6.07, 6.45) is 1.32. The summed E-state index contributed by atoms with van der Waals surface area (Å²) in [5.74, 6) is 0.889. The van der Waals surface area contributed by atoms with Gasteiger partial charge in [0.05, 0.1) is 11.8 Å². The molecule has 3 heteroatoms. The van der Waals surface area contributed by atoms with Crippen LogP contribution in [0.2, 0.25) is 0 Å². The maximum Gasteiger partial charge on any atom is 0.120 e. The molecule has 0 spiro atoms. The lowest BCUT2D eigenvalue weighted by atomic mass is 10.1. The number of pyridine rings is 1. The summed E-state index contributed by atoms with van der Waals surface area (Å²) in [5.41, 5.74) is 4.42. The third-order valence-corrected chi connectivity index (χ3v) is 3.44. The zero-order valence-corrected chi connectivity index (χ0v) is 14.0. The van der Waals surface area contributed by atoms with Gasteiger partial charge in [-0.3, -0.25) is 4.98 Å². The van der Waals surface area contributed by atoms with Crippen LogP contribution in [-0.4, -0.2) is 17.6 Å². The molecular weight excluding hydrogens is 272 g/mol. The average molecular weight is 298 g/mol. The molecule has 1 heterocycles. The number of aromatic nitrogens is 1. The Labute approximate surface area is 133 Å². The molecule has 1 aromatic heterocycles. The maximum absolute atomic E-state index is 5.76. The van der Waals surface area contributed by atoms with Crippen LogP contribution in [-0.2, 0) is 6.54 Å². The van der Waals surface area contributed by atoms with Crippen LogP contribution in [0, 0.1) is 6.92 Å². The minimum Gasteiger partial charge on any atom is -0.491 e. The molecule has 1 aromatic carbocycles. The zero-order chi connectivity index (χ0) is 15.9. The SMILES string of the molecule is CCCNCc1ccc(-c2cccc(OC(C)C)c2)nc1C. The molecule has 0 bridgehead atoms. The Hall–Kier alpha value is -1.87. The van der Waals surface area contributed by atoms with Crippen molar-refractivity contribution in [2.75, 3.05) is 6.54 Å². The normalized spacial score (nSPS) is 11.0. The molecule has 118 valence electrons. The minimum atomic E-state index is 0.178. The van der Waals surface area contributed by atoms with E-state index in [2.05, 4.69) is 43.4 Å². The number of ether oxygens (including phenoxy) is 1. The van der Waals surface area contributed by atoms with Crippen LogP contribution in [0.4, 0.5) is 0 Å². The van der Waals surface area contributed by atoms with Gasteiger partial charge in [-0.1, -0.05) is 25.1 Å². The lowest BCUT2D eigenvalue weighted by Crippen LogP contribution is -2.15. The van der Waals surface area contributed by atoms with Gasteiger partial charge in [0, 0.05) is 17.8 Å². The van der Waals surface area contributed by atoms with Gasteiger partial charge in [-0.05, 0) is 57.5 Å². The molecule has 2 rings (SSSR count). The summed E-state index contributed by atoms with van der Waals surface area (Å²) in [4.78, 5) is 4.75. The lowest BCUT2D eigenvalue weighted by Gasteiger charge is -2.12. The average Bonchev–Trinajstić information content (AvgIpc) is 2.48. The van der Waals surface area contributed by atoms with E-state index in [1.165, 1.54) is 5.56 Å². The molecule has 0 fully saturated rings. The van der Waals surface area contributed by atoms with Crippen molar-refractivity contribution in [2.45, 2.75) is 46.8 Å². The van der Waals surface area contributed by atoms with E-state index in [4.69, 9.17) is 9.72 Å². The molecule has 0 unspecified atom stereocenters. The first-order valence-electron chi connectivity index (χ1n) is 8.04.